The normalized spacial score (nSPS) is 10.4. The molecule has 0 aliphatic rings. The zero-order valence-electron chi connectivity index (χ0n) is 10.4. The van der Waals surface area contributed by atoms with Gasteiger partial charge in [-0.15, -0.1) is 0 Å². The van der Waals surface area contributed by atoms with Crippen LogP contribution in [0.1, 0.15) is 16.1 Å². The van der Waals surface area contributed by atoms with Crippen molar-refractivity contribution >= 4 is 56.5 Å². The molecule has 3 N–H and O–H groups in total. The first-order valence-corrected chi connectivity index (χ1v) is 7.12. The van der Waals surface area contributed by atoms with E-state index < -0.39 is 0 Å². The Hall–Kier alpha value is -1.30. The number of aryl methyl sites for hydroxylation is 1. The number of hydrogen-bond donors (Lipinski definition) is 2. The molecule has 2 aromatic rings. The first kappa shape index (κ1) is 15.1. The Bertz CT molecular complexity index is 668. The summed E-state index contributed by atoms with van der Waals surface area (Å²) in [6.45, 7) is 1.83. The van der Waals surface area contributed by atoms with Gasteiger partial charge in [-0.1, -0.05) is 23.2 Å². The summed E-state index contributed by atoms with van der Waals surface area (Å²) in [5.74, 6) is 0.0859. The van der Waals surface area contributed by atoms with Crippen molar-refractivity contribution in [3.05, 3.63) is 50.0 Å². The summed E-state index contributed by atoms with van der Waals surface area (Å²) < 4.78 is 0.870. The van der Waals surface area contributed by atoms with Gasteiger partial charge in [0.05, 0.1) is 21.4 Å². The number of carbonyl (C=O) groups is 1. The fraction of sp³-hybridized carbons (Fsp3) is 0.0769. The summed E-state index contributed by atoms with van der Waals surface area (Å²) >= 11 is 15.1. The lowest BCUT2D eigenvalue weighted by molar-refractivity contribution is 0.102. The van der Waals surface area contributed by atoms with Crippen molar-refractivity contribution in [3.8, 4) is 0 Å². The molecule has 4 nitrogen and oxygen atoms in total. The van der Waals surface area contributed by atoms with Gasteiger partial charge in [-0.25, -0.2) is 4.98 Å². The topological polar surface area (TPSA) is 68.0 Å². The van der Waals surface area contributed by atoms with Crippen molar-refractivity contribution in [1.82, 2.24) is 4.98 Å². The number of rotatable bonds is 2. The lowest BCUT2D eigenvalue weighted by atomic mass is 10.2. The molecule has 0 fully saturated rings. The van der Waals surface area contributed by atoms with Crippen molar-refractivity contribution in [2.45, 2.75) is 6.92 Å². The number of nitrogen functional groups attached to an aromatic ring is 1. The van der Waals surface area contributed by atoms with Crippen LogP contribution in [0, 0.1) is 6.92 Å². The Morgan fingerprint density at radius 2 is 1.90 bits per heavy atom. The minimum absolute atomic E-state index is 0.239. The molecule has 2 rings (SSSR count). The van der Waals surface area contributed by atoms with Gasteiger partial charge in [0.15, 0.2) is 0 Å². The molecule has 20 heavy (non-hydrogen) atoms. The molecule has 0 aliphatic heterocycles. The van der Waals surface area contributed by atoms with Crippen LogP contribution < -0.4 is 11.1 Å². The summed E-state index contributed by atoms with van der Waals surface area (Å²) in [6.07, 6.45) is 0. The fourth-order valence-corrected chi connectivity index (χ4v) is 2.23. The van der Waals surface area contributed by atoms with E-state index >= 15 is 0 Å². The number of halogens is 3. The Morgan fingerprint density at radius 1 is 1.30 bits per heavy atom. The third-order valence-corrected chi connectivity index (χ3v) is 4.07. The van der Waals surface area contributed by atoms with Gasteiger partial charge in [-0.05, 0) is 47.1 Å². The maximum atomic E-state index is 12.1. The summed E-state index contributed by atoms with van der Waals surface area (Å²) in [5, 5.41) is 3.15. The second-order valence-electron chi connectivity index (χ2n) is 4.07. The molecule has 0 aliphatic carbocycles. The zero-order valence-corrected chi connectivity index (χ0v) is 13.5. The van der Waals surface area contributed by atoms with Crippen LogP contribution in [0.15, 0.2) is 28.7 Å². The Morgan fingerprint density at radius 3 is 2.45 bits per heavy atom. The zero-order chi connectivity index (χ0) is 14.9. The molecule has 0 bridgehead atoms. The lowest BCUT2D eigenvalue weighted by Crippen LogP contribution is -2.13. The number of nitrogens with two attached hydrogens (primary N) is 1. The van der Waals surface area contributed by atoms with Gasteiger partial charge in [-0.2, -0.15) is 0 Å². The van der Waals surface area contributed by atoms with Gasteiger partial charge in [0.1, 0.15) is 5.82 Å². The number of anilines is 2. The van der Waals surface area contributed by atoms with E-state index in [1.54, 1.807) is 12.1 Å². The highest BCUT2D eigenvalue weighted by Crippen LogP contribution is 2.29. The number of carbonyl (C=O) groups excluding carboxylic acids is 1. The van der Waals surface area contributed by atoms with Crippen molar-refractivity contribution in [1.29, 1.82) is 0 Å². The van der Waals surface area contributed by atoms with E-state index in [2.05, 4.69) is 26.2 Å². The van der Waals surface area contributed by atoms with Crippen molar-refractivity contribution in [3.63, 3.8) is 0 Å². The average molecular weight is 375 g/mol. The van der Waals surface area contributed by atoms with Gasteiger partial charge in [0.2, 0.25) is 0 Å². The van der Waals surface area contributed by atoms with Gasteiger partial charge in [-0.3, -0.25) is 4.79 Å². The number of amides is 1. The van der Waals surface area contributed by atoms with E-state index in [9.17, 15) is 4.79 Å². The molecule has 0 saturated carbocycles. The minimum Gasteiger partial charge on any atom is -0.396 e. The molecule has 0 atom stereocenters. The fourth-order valence-electron chi connectivity index (χ4n) is 1.52. The monoisotopic (exact) mass is 373 g/mol. The molecule has 1 amide bonds. The van der Waals surface area contributed by atoms with E-state index in [0.717, 1.165) is 10.2 Å². The standard InChI is InChI=1S/C13H10BrCl2N3O/c1-6-8(14)2-3-11(18-6)19-13(20)7-4-9(15)12(17)10(16)5-7/h2-5H,17H2,1H3,(H,18,19,20). The summed E-state index contributed by atoms with van der Waals surface area (Å²) in [5.41, 5.74) is 6.97. The second-order valence-corrected chi connectivity index (χ2v) is 5.74. The molecule has 7 heteroatoms. The number of hydrogen-bond acceptors (Lipinski definition) is 3. The Labute approximate surface area is 134 Å². The van der Waals surface area contributed by atoms with Gasteiger partial charge < -0.3 is 11.1 Å². The molecule has 1 aromatic heterocycles. The van der Waals surface area contributed by atoms with E-state index in [0.29, 0.717) is 11.4 Å². The third-order valence-electron chi connectivity index (χ3n) is 2.60. The summed E-state index contributed by atoms with van der Waals surface area (Å²) in [7, 11) is 0. The van der Waals surface area contributed by atoms with E-state index in [1.807, 2.05) is 6.92 Å². The van der Waals surface area contributed by atoms with Crippen LogP contribution in [0.4, 0.5) is 11.5 Å². The SMILES string of the molecule is Cc1nc(NC(=O)c2cc(Cl)c(N)c(Cl)c2)ccc1Br. The predicted molar refractivity (Wildman–Crippen MR) is 85.5 cm³/mol. The van der Waals surface area contributed by atoms with Crippen LogP contribution in [0.2, 0.25) is 10.0 Å². The first-order chi connectivity index (χ1) is 9.38. The van der Waals surface area contributed by atoms with Gasteiger partial charge >= 0.3 is 0 Å². The number of nitrogens with zero attached hydrogens (tertiary/aromatic N) is 1. The average Bonchev–Trinajstić information content (AvgIpc) is 2.39. The number of pyridine rings is 1. The van der Waals surface area contributed by atoms with Gasteiger partial charge in [0.25, 0.3) is 5.91 Å². The lowest BCUT2D eigenvalue weighted by Gasteiger charge is -2.08. The Kier molecular flexibility index (Phi) is 4.52. The second kappa shape index (κ2) is 5.99. The largest absolute Gasteiger partial charge is 0.396 e. The molecular formula is C13H10BrCl2N3O. The Balaban J connectivity index is 2.26. The highest BCUT2D eigenvalue weighted by molar-refractivity contribution is 9.10. The highest BCUT2D eigenvalue weighted by atomic mass is 79.9. The van der Waals surface area contributed by atoms with E-state index in [1.165, 1.54) is 12.1 Å². The highest BCUT2D eigenvalue weighted by Gasteiger charge is 2.12. The van der Waals surface area contributed by atoms with E-state index in [-0.39, 0.29) is 21.6 Å². The molecule has 0 radical (unpaired) electrons. The van der Waals surface area contributed by atoms with Crippen LogP contribution in [0.3, 0.4) is 0 Å². The molecule has 1 heterocycles. The third kappa shape index (κ3) is 3.23. The number of aromatic nitrogens is 1. The summed E-state index contributed by atoms with van der Waals surface area (Å²) in [6, 6.07) is 6.42. The molecule has 0 saturated heterocycles. The van der Waals surface area contributed by atoms with Crippen molar-refractivity contribution < 1.29 is 4.79 Å². The van der Waals surface area contributed by atoms with Crippen molar-refractivity contribution in [2.24, 2.45) is 0 Å². The maximum Gasteiger partial charge on any atom is 0.256 e. The van der Waals surface area contributed by atoms with E-state index in [4.69, 9.17) is 28.9 Å². The quantitative estimate of drug-likeness (QED) is 0.770. The molecule has 0 unspecified atom stereocenters. The first-order valence-electron chi connectivity index (χ1n) is 5.57. The smallest absolute Gasteiger partial charge is 0.256 e. The van der Waals surface area contributed by atoms with Crippen LogP contribution >= 0.6 is 39.1 Å². The van der Waals surface area contributed by atoms with Crippen LogP contribution in [-0.4, -0.2) is 10.9 Å². The number of benzene rings is 1. The molecule has 1 aromatic carbocycles. The molecule has 0 spiro atoms. The van der Waals surface area contributed by atoms with Crippen molar-refractivity contribution in [2.75, 3.05) is 11.1 Å². The maximum absolute atomic E-state index is 12.1. The number of nitrogens with one attached hydrogen (secondary N) is 1. The van der Waals surface area contributed by atoms with Crippen LogP contribution in [-0.2, 0) is 0 Å². The minimum atomic E-state index is -0.358. The molecule has 104 valence electrons. The van der Waals surface area contributed by atoms with Gasteiger partial charge in [0, 0.05) is 10.0 Å². The predicted octanol–water partition coefficient (Wildman–Crippen LogP) is 4.29. The van der Waals surface area contributed by atoms with Crippen LogP contribution in [0.25, 0.3) is 0 Å². The van der Waals surface area contributed by atoms with Crippen LogP contribution in [0.5, 0.6) is 0 Å². The summed E-state index contributed by atoms with van der Waals surface area (Å²) in [4.78, 5) is 16.3. The molecular weight excluding hydrogens is 365 g/mol.